The van der Waals surface area contributed by atoms with Crippen molar-refractivity contribution in [3.8, 4) is 0 Å². The third-order valence-corrected chi connectivity index (χ3v) is 1.31. The zero-order valence-corrected chi connectivity index (χ0v) is 5.34. The molecule has 0 aromatic carbocycles. The van der Waals surface area contributed by atoms with Crippen molar-refractivity contribution in [1.82, 2.24) is 0 Å². The summed E-state index contributed by atoms with van der Waals surface area (Å²) >= 11 is 4.95. The molecule has 0 aliphatic heterocycles. The molecule has 56 valence electrons. The third-order valence-electron chi connectivity index (χ3n) is 0.934. The summed E-state index contributed by atoms with van der Waals surface area (Å²) < 4.78 is 34.7. The van der Waals surface area contributed by atoms with Crippen LogP contribution in [0.5, 0.6) is 0 Å². The molecule has 0 aliphatic carbocycles. The summed E-state index contributed by atoms with van der Waals surface area (Å²) in [6, 6.07) is 0. The molecule has 1 unspecified atom stereocenters. The number of rotatable bonds is 2. The van der Waals surface area contributed by atoms with E-state index in [2.05, 4.69) is 0 Å². The van der Waals surface area contributed by atoms with Gasteiger partial charge >= 0.3 is 6.18 Å². The zero-order valence-electron chi connectivity index (χ0n) is 4.58. The van der Waals surface area contributed by atoms with Gasteiger partial charge in [0.2, 0.25) is 0 Å². The minimum atomic E-state index is -4.24. The van der Waals surface area contributed by atoms with E-state index in [0.717, 1.165) is 0 Å². The summed E-state index contributed by atoms with van der Waals surface area (Å²) in [5.41, 5.74) is 4.76. The van der Waals surface area contributed by atoms with Crippen LogP contribution in [0.4, 0.5) is 13.2 Å². The van der Waals surface area contributed by atoms with Crippen molar-refractivity contribution < 1.29 is 13.2 Å². The average Bonchev–Trinajstić information content (AvgIpc) is 1.65. The van der Waals surface area contributed by atoms with Crippen LogP contribution in [-0.2, 0) is 0 Å². The van der Waals surface area contributed by atoms with Crippen LogP contribution in [0.3, 0.4) is 0 Å². The lowest BCUT2D eigenvalue weighted by Crippen LogP contribution is -2.31. The van der Waals surface area contributed by atoms with Crippen molar-refractivity contribution >= 4 is 11.6 Å². The van der Waals surface area contributed by atoms with E-state index in [9.17, 15) is 13.2 Å². The molecule has 5 heteroatoms. The Labute approximate surface area is 56.0 Å². The van der Waals surface area contributed by atoms with Gasteiger partial charge in [-0.1, -0.05) is 0 Å². The lowest BCUT2D eigenvalue weighted by Gasteiger charge is -2.14. The first-order valence-electron chi connectivity index (χ1n) is 2.35. The molecule has 0 saturated heterocycles. The molecule has 1 atom stereocenters. The van der Waals surface area contributed by atoms with E-state index in [-0.39, 0.29) is 0 Å². The molecule has 0 heterocycles. The van der Waals surface area contributed by atoms with Gasteiger partial charge in [-0.05, 0) is 0 Å². The van der Waals surface area contributed by atoms with Crippen LogP contribution in [0.15, 0.2) is 0 Å². The van der Waals surface area contributed by atoms with E-state index in [0.29, 0.717) is 0 Å². The van der Waals surface area contributed by atoms with Crippen LogP contribution in [0.2, 0.25) is 0 Å². The van der Waals surface area contributed by atoms with Gasteiger partial charge in [-0.2, -0.15) is 13.2 Å². The highest BCUT2D eigenvalue weighted by atomic mass is 35.5. The first-order chi connectivity index (χ1) is 4.02. The van der Waals surface area contributed by atoms with Crippen LogP contribution in [0, 0.1) is 5.92 Å². The molecule has 0 aromatic rings. The Kier molecular flexibility index (Phi) is 3.28. The van der Waals surface area contributed by atoms with Gasteiger partial charge in [0.1, 0.15) is 0 Å². The normalized spacial score (nSPS) is 15.7. The predicted molar refractivity (Wildman–Crippen MR) is 29.3 cm³/mol. The Hall–Kier alpha value is 0.0400. The van der Waals surface area contributed by atoms with Crippen LogP contribution in [0.1, 0.15) is 0 Å². The Morgan fingerprint density at radius 1 is 1.44 bits per heavy atom. The molecule has 0 aromatic heterocycles. The highest BCUT2D eigenvalue weighted by Gasteiger charge is 2.37. The minimum Gasteiger partial charge on any atom is -0.330 e. The molecule has 0 fully saturated rings. The van der Waals surface area contributed by atoms with Crippen LogP contribution in [-0.4, -0.2) is 18.6 Å². The van der Waals surface area contributed by atoms with Crippen LogP contribution < -0.4 is 5.73 Å². The van der Waals surface area contributed by atoms with Gasteiger partial charge in [0.15, 0.2) is 0 Å². The number of halogens is 4. The summed E-state index contributed by atoms with van der Waals surface area (Å²) in [7, 11) is 0. The molecule has 0 saturated carbocycles. The van der Waals surface area contributed by atoms with Gasteiger partial charge in [-0.15, -0.1) is 11.6 Å². The van der Waals surface area contributed by atoms with Crippen molar-refractivity contribution in [3.05, 3.63) is 0 Å². The maximum atomic E-state index is 11.6. The Morgan fingerprint density at radius 3 is 1.89 bits per heavy atom. The predicted octanol–water partition coefficient (Wildman–Crippen LogP) is 1.36. The Bertz CT molecular complexity index is 78.4. The maximum absolute atomic E-state index is 11.6. The fraction of sp³-hybridized carbons (Fsp3) is 1.00. The molecule has 0 spiro atoms. The van der Waals surface area contributed by atoms with Gasteiger partial charge in [-0.3, -0.25) is 0 Å². The second kappa shape index (κ2) is 3.27. The number of hydrogen-bond donors (Lipinski definition) is 1. The summed E-state index contributed by atoms with van der Waals surface area (Å²) in [5, 5.41) is 0. The van der Waals surface area contributed by atoms with Crippen LogP contribution >= 0.6 is 11.6 Å². The molecule has 1 nitrogen and oxygen atoms in total. The highest BCUT2D eigenvalue weighted by Crippen LogP contribution is 2.25. The molecular weight excluding hydrogens is 154 g/mol. The molecule has 2 N–H and O–H groups in total. The van der Waals surface area contributed by atoms with E-state index in [1.54, 1.807) is 0 Å². The molecule has 0 rings (SSSR count). The van der Waals surface area contributed by atoms with Gasteiger partial charge in [0, 0.05) is 12.4 Å². The van der Waals surface area contributed by atoms with E-state index in [1.165, 1.54) is 0 Å². The standard InChI is InChI=1S/C4H7ClF3N/c5-1-3(2-9)4(6,7)8/h3H,1-2,9H2. The lowest BCUT2D eigenvalue weighted by atomic mass is 10.2. The van der Waals surface area contributed by atoms with Crippen molar-refractivity contribution in [3.63, 3.8) is 0 Å². The fourth-order valence-corrected chi connectivity index (χ4v) is 0.585. The van der Waals surface area contributed by atoms with Crippen molar-refractivity contribution in [2.24, 2.45) is 11.7 Å². The topological polar surface area (TPSA) is 26.0 Å². The van der Waals surface area contributed by atoms with E-state index in [1.807, 2.05) is 0 Å². The summed E-state index contributed by atoms with van der Waals surface area (Å²) in [6.45, 7) is -0.438. The lowest BCUT2D eigenvalue weighted by molar-refractivity contribution is -0.165. The largest absolute Gasteiger partial charge is 0.394 e. The zero-order chi connectivity index (χ0) is 7.49. The van der Waals surface area contributed by atoms with Crippen molar-refractivity contribution in [2.45, 2.75) is 6.18 Å². The summed E-state index contributed by atoms with van der Waals surface area (Å²) in [6.07, 6.45) is -4.24. The molecule has 0 amide bonds. The molecular formula is C4H7ClF3N. The van der Waals surface area contributed by atoms with Crippen LogP contribution in [0.25, 0.3) is 0 Å². The number of hydrogen-bond acceptors (Lipinski definition) is 1. The molecule has 0 bridgehead atoms. The average molecular weight is 162 g/mol. The van der Waals surface area contributed by atoms with Crippen molar-refractivity contribution in [2.75, 3.05) is 12.4 Å². The van der Waals surface area contributed by atoms with E-state index in [4.69, 9.17) is 17.3 Å². The smallest absolute Gasteiger partial charge is 0.330 e. The second-order valence-corrected chi connectivity index (χ2v) is 1.94. The molecule has 0 aliphatic rings. The first-order valence-corrected chi connectivity index (χ1v) is 2.88. The van der Waals surface area contributed by atoms with Gasteiger partial charge in [0.25, 0.3) is 0 Å². The maximum Gasteiger partial charge on any atom is 0.394 e. The third kappa shape index (κ3) is 2.91. The fourth-order valence-electron chi connectivity index (χ4n) is 0.284. The van der Waals surface area contributed by atoms with Gasteiger partial charge in [-0.25, -0.2) is 0 Å². The summed E-state index contributed by atoms with van der Waals surface area (Å²) in [5.74, 6) is -2.01. The van der Waals surface area contributed by atoms with Gasteiger partial charge < -0.3 is 5.73 Å². The Morgan fingerprint density at radius 2 is 1.89 bits per heavy atom. The number of alkyl halides is 4. The van der Waals surface area contributed by atoms with E-state index < -0.39 is 24.5 Å². The second-order valence-electron chi connectivity index (χ2n) is 1.63. The molecule has 0 radical (unpaired) electrons. The SMILES string of the molecule is NCC(CCl)C(F)(F)F. The monoisotopic (exact) mass is 161 g/mol. The quantitative estimate of drug-likeness (QED) is 0.608. The summed E-state index contributed by atoms with van der Waals surface area (Å²) in [4.78, 5) is 0. The first kappa shape index (κ1) is 9.04. The molecule has 9 heavy (non-hydrogen) atoms. The Balaban J connectivity index is 3.79. The van der Waals surface area contributed by atoms with Gasteiger partial charge in [0.05, 0.1) is 5.92 Å². The minimum absolute atomic E-state index is 0.438. The van der Waals surface area contributed by atoms with E-state index >= 15 is 0 Å². The highest BCUT2D eigenvalue weighted by molar-refractivity contribution is 6.18. The van der Waals surface area contributed by atoms with Crippen molar-refractivity contribution in [1.29, 1.82) is 0 Å². The number of nitrogens with two attached hydrogens (primary N) is 1.